The molecule has 0 bridgehead atoms. The lowest BCUT2D eigenvalue weighted by molar-refractivity contribution is 0.0702. The van der Waals surface area contributed by atoms with Gasteiger partial charge in [0.25, 0.3) is 0 Å². The highest BCUT2D eigenvalue weighted by Crippen LogP contribution is 2.25. The van der Waals surface area contributed by atoms with E-state index in [1.807, 2.05) is 4.90 Å². The van der Waals surface area contributed by atoms with Crippen molar-refractivity contribution in [2.75, 3.05) is 31.1 Å². The molecule has 24 heavy (non-hydrogen) atoms. The topological polar surface area (TPSA) is 90.8 Å². The second kappa shape index (κ2) is 6.46. The second-order valence-corrected chi connectivity index (χ2v) is 8.10. The highest BCUT2D eigenvalue weighted by molar-refractivity contribution is 7.89. The molecule has 1 N–H and O–H groups in total. The number of rotatable bonds is 4. The fourth-order valence-corrected chi connectivity index (χ4v) is 4.61. The Morgan fingerprint density at radius 3 is 2.33 bits per heavy atom. The fourth-order valence-electron chi connectivity index (χ4n) is 2.39. The smallest absolute Gasteiger partial charge is 0.347 e. The number of halogens is 1. The van der Waals surface area contributed by atoms with Gasteiger partial charge in [-0.15, -0.1) is 0 Å². The van der Waals surface area contributed by atoms with Crippen molar-refractivity contribution in [3.8, 4) is 0 Å². The van der Waals surface area contributed by atoms with Crippen LogP contribution < -0.4 is 4.90 Å². The van der Waals surface area contributed by atoms with Gasteiger partial charge in [0, 0.05) is 26.2 Å². The van der Waals surface area contributed by atoms with Crippen LogP contribution in [0.4, 0.5) is 9.52 Å². The number of hydrogen-bond acceptors (Lipinski definition) is 6. The number of carboxylic acids is 1. The molecule has 0 spiro atoms. The first kappa shape index (κ1) is 16.8. The van der Waals surface area contributed by atoms with E-state index in [9.17, 15) is 17.6 Å². The monoisotopic (exact) mass is 371 g/mol. The van der Waals surface area contributed by atoms with Crippen LogP contribution in [0.25, 0.3) is 0 Å². The van der Waals surface area contributed by atoms with Crippen molar-refractivity contribution in [3.63, 3.8) is 0 Å². The van der Waals surface area contributed by atoms with E-state index in [1.54, 1.807) is 0 Å². The molecule has 3 rings (SSSR count). The van der Waals surface area contributed by atoms with Crippen LogP contribution in [0, 0.1) is 5.82 Å². The molecule has 0 saturated carbocycles. The van der Waals surface area contributed by atoms with E-state index in [2.05, 4.69) is 4.98 Å². The van der Waals surface area contributed by atoms with Gasteiger partial charge in [0.2, 0.25) is 10.0 Å². The molecule has 10 heteroatoms. The van der Waals surface area contributed by atoms with E-state index in [-0.39, 0.29) is 22.9 Å². The van der Waals surface area contributed by atoms with Crippen LogP contribution in [0.1, 0.15) is 9.67 Å². The van der Waals surface area contributed by atoms with Crippen molar-refractivity contribution in [1.29, 1.82) is 0 Å². The first-order valence-corrected chi connectivity index (χ1v) is 9.33. The molecule has 0 radical (unpaired) electrons. The molecule has 1 aliphatic rings. The van der Waals surface area contributed by atoms with Crippen molar-refractivity contribution in [2.45, 2.75) is 4.90 Å². The number of benzene rings is 1. The summed E-state index contributed by atoms with van der Waals surface area (Å²) in [5.74, 6) is -1.52. The van der Waals surface area contributed by atoms with Crippen LogP contribution in [0.5, 0.6) is 0 Å². The summed E-state index contributed by atoms with van der Waals surface area (Å²) in [6.07, 6.45) is 1.30. The fraction of sp³-hybridized carbons (Fsp3) is 0.286. The molecule has 2 aromatic rings. The Hall–Kier alpha value is -2.04. The van der Waals surface area contributed by atoms with E-state index in [1.165, 1.54) is 22.6 Å². The van der Waals surface area contributed by atoms with Gasteiger partial charge in [0.1, 0.15) is 10.7 Å². The number of thiazole rings is 1. The molecular weight excluding hydrogens is 357 g/mol. The number of piperazine rings is 1. The number of carboxylic acid groups (broad SMARTS) is 1. The van der Waals surface area contributed by atoms with E-state index in [0.29, 0.717) is 18.2 Å². The number of nitrogens with zero attached hydrogens (tertiary/aromatic N) is 3. The van der Waals surface area contributed by atoms with Gasteiger partial charge in [-0.2, -0.15) is 4.31 Å². The van der Waals surface area contributed by atoms with Crippen LogP contribution >= 0.6 is 11.3 Å². The van der Waals surface area contributed by atoms with Gasteiger partial charge in [0.15, 0.2) is 5.13 Å². The van der Waals surface area contributed by atoms with Crippen molar-refractivity contribution in [2.24, 2.45) is 0 Å². The molecule has 128 valence electrons. The Bertz CT molecular complexity index is 843. The largest absolute Gasteiger partial charge is 0.477 e. The summed E-state index contributed by atoms with van der Waals surface area (Å²) in [6, 6.07) is 4.73. The zero-order chi connectivity index (χ0) is 17.3. The van der Waals surface area contributed by atoms with Crippen LogP contribution in [0.2, 0.25) is 0 Å². The van der Waals surface area contributed by atoms with Gasteiger partial charge in [-0.05, 0) is 24.3 Å². The standard InChI is InChI=1S/C14H14FN3O4S2/c15-10-1-3-11(4-2-10)24(21,22)18-7-5-17(6-8-18)14-16-9-12(23-14)13(19)20/h1-4,9H,5-8H2,(H,19,20). The van der Waals surface area contributed by atoms with E-state index in [0.717, 1.165) is 23.5 Å². The first-order valence-electron chi connectivity index (χ1n) is 7.08. The maximum absolute atomic E-state index is 13.0. The van der Waals surface area contributed by atoms with Crippen molar-refractivity contribution >= 4 is 32.5 Å². The zero-order valence-electron chi connectivity index (χ0n) is 12.4. The van der Waals surface area contributed by atoms with Crippen LogP contribution in [0.3, 0.4) is 0 Å². The Kier molecular flexibility index (Phi) is 4.52. The van der Waals surface area contributed by atoms with Crippen molar-refractivity contribution < 1.29 is 22.7 Å². The molecule has 2 heterocycles. The number of aromatic carboxylic acids is 1. The minimum absolute atomic E-state index is 0.0553. The maximum Gasteiger partial charge on any atom is 0.347 e. The third-order valence-corrected chi connectivity index (χ3v) is 6.62. The number of aromatic nitrogens is 1. The number of hydrogen-bond donors (Lipinski definition) is 1. The number of carbonyl (C=O) groups is 1. The summed E-state index contributed by atoms with van der Waals surface area (Å²) in [7, 11) is -3.66. The summed E-state index contributed by atoms with van der Waals surface area (Å²) >= 11 is 1.06. The molecule has 1 aromatic carbocycles. The normalized spacial score (nSPS) is 16.3. The third-order valence-electron chi connectivity index (χ3n) is 3.66. The molecule has 0 aliphatic carbocycles. The molecular formula is C14H14FN3O4S2. The average molecular weight is 371 g/mol. The summed E-state index contributed by atoms with van der Waals surface area (Å²) < 4.78 is 39.3. The van der Waals surface area contributed by atoms with Gasteiger partial charge in [-0.1, -0.05) is 11.3 Å². The molecule has 1 fully saturated rings. The maximum atomic E-state index is 13.0. The lowest BCUT2D eigenvalue weighted by Gasteiger charge is -2.33. The molecule has 1 saturated heterocycles. The van der Waals surface area contributed by atoms with Gasteiger partial charge in [-0.25, -0.2) is 22.6 Å². The van der Waals surface area contributed by atoms with E-state index in [4.69, 9.17) is 5.11 Å². The van der Waals surface area contributed by atoms with Crippen LogP contribution in [-0.4, -0.2) is 55.0 Å². The predicted octanol–water partition coefficient (Wildman–Crippen LogP) is 1.49. The summed E-state index contributed by atoms with van der Waals surface area (Å²) in [5.41, 5.74) is 0. The van der Waals surface area contributed by atoms with Crippen LogP contribution in [-0.2, 0) is 10.0 Å². The number of anilines is 1. The van der Waals surface area contributed by atoms with Gasteiger partial charge < -0.3 is 10.0 Å². The Morgan fingerprint density at radius 1 is 1.17 bits per heavy atom. The Morgan fingerprint density at radius 2 is 1.79 bits per heavy atom. The van der Waals surface area contributed by atoms with Crippen LogP contribution in [0.15, 0.2) is 35.4 Å². The minimum Gasteiger partial charge on any atom is -0.477 e. The van der Waals surface area contributed by atoms with Gasteiger partial charge in [0.05, 0.1) is 11.1 Å². The average Bonchev–Trinajstić information content (AvgIpc) is 3.06. The number of sulfonamides is 1. The summed E-state index contributed by atoms with van der Waals surface area (Å²) in [5, 5.41) is 9.49. The second-order valence-electron chi connectivity index (χ2n) is 5.16. The highest BCUT2D eigenvalue weighted by atomic mass is 32.2. The predicted molar refractivity (Wildman–Crippen MR) is 86.4 cm³/mol. The minimum atomic E-state index is -3.66. The van der Waals surface area contributed by atoms with E-state index >= 15 is 0 Å². The molecule has 1 aromatic heterocycles. The molecule has 7 nitrogen and oxygen atoms in total. The van der Waals surface area contributed by atoms with Gasteiger partial charge in [-0.3, -0.25) is 0 Å². The lowest BCUT2D eigenvalue weighted by atomic mass is 10.4. The lowest BCUT2D eigenvalue weighted by Crippen LogP contribution is -2.48. The summed E-state index contributed by atoms with van der Waals surface area (Å²) in [4.78, 5) is 17.0. The quantitative estimate of drug-likeness (QED) is 0.876. The third kappa shape index (κ3) is 3.25. The molecule has 0 unspecified atom stereocenters. The summed E-state index contributed by atoms with van der Waals surface area (Å²) in [6.45, 7) is 1.32. The van der Waals surface area contributed by atoms with Crippen molar-refractivity contribution in [3.05, 3.63) is 41.2 Å². The first-order chi connectivity index (χ1) is 11.4. The van der Waals surface area contributed by atoms with Gasteiger partial charge >= 0.3 is 5.97 Å². The zero-order valence-corrected chi connectivity index (χ0v) is 14.1. The Labute approximate surface area is 142 Å². The van der Waals surface area contributed by atoms with E-state index < -0.39 is 21.8 Å². The molecule has 0 amide bonds. The SMILES string of the molecule is O=C(O)c1cnc(N2CCN(S(=O)(=O)c3ccc(F)cc3)CC2)s1. The molecule has 0 atom stereocenters. The Balaban J connectivity index is 1.70. The van der Waals surface area contributed by atoms with Crippen molar-refractivity contribution in [1.82, 2.24) is 9.29 Å². The molecule has 1 aliphatic heterocycles. The highest BCUT2D eigenvalue weighted by Gasteiger charge is 2.29.